The summed E-state index contributed by atoms with van der Waals surface area (Å²) in [4.78, 5) is 11.3. The first-order valence-electron chi connectivity index (χ1n) is 6.45. The van der Waals surface area contributed by atoms with Crippen LogP contribution in [0.3, 0.4) is 0 Å². The highest BCUT2D eigenvalue weighted by molar-refractivity contribution is 5.76. The number of nitrogens with zero attached hydrogens (tertiary/aromatic N) is 1. The minimum Gasteiger partial charge on any atom is -0.353 e. The van der Waals surface area contributed by atoms with Crippen LogP contribution in [-0.2, 0) is 4.79 Å². The van der Waals surface area contributed by atoms with Crippen LogP contribution in [0.15, 0.2) is 0 Å². The number of nitrogens with one attached hydrogen (secondary N) is 2. The second-order valence-electron chi connectivity index (χ2n) is 5.44. The molecule has 0 unspecified atom stereocenters. The van der Waals surface area contributed by atoms with E-state index in [0.29, 0.717) is 12.5 Å². The number of rotatable bonds is 8. The van der Waals surface area contributed by atoms with Crippen molar-refractivity contribution in [3.05, 3.63) is 0 Å². The van der Waals surface area contributed by atoms with Crippen LogP contribution in [0.5, 0.6) is 0 Å². The predicted octanol–water partition coefficient (Wildman–Crippen LogP) is 1.57. The van der Waals surface area contributed by atoms with Gasteiger partial charge in [-0.1, -0.05) is 0 Å². The lowest BCUT2D eigenvalue weighted by molar-refractivity contribution is -0.121. The van der Waals surface area contributed by atoms with Crippen LogP contribution in [0.4, 0.5) is 0 Å². The SMILES string of the molecule is CC(C)(C#N)CCNCCCC(=O)NC1CC1. The maximum absolute atomic E-state index is 11.3. The molecule has 17 heavy (non-hydrogen) atoms. The van der Waals surface area contributed by atoms with Crippen LogP contribution in [0, 0.1) is 16.7 Å². The van der Waals surface area contributed by atoms with Gasteiger partial charge in [0.15, 0.2) is 0 Å². The number of hydrogen-bond donors (Lipinski definition) is 2. The number of carbonyl (C=O) groups excluding carboxylic acids is 1. The van der Waals surface area contributed by atoms with Crippen LogP contribution in [0.25, 0.3) is 0 Å². The topological polar surface area (TPSA) is 64.9 Å². The van der Waals surface area contributed by atoms with Gasteiger partial charge in [-0.25, -0.2) is 0 Å². The van der Waals surface area contributed by atoms with Crippen LogP contribution in [0.2, 0.25) is 0 Å². The van der Waals surface area contributed by atoms with Crippen molar-refractivity contribution in [1.29, 1.82) is 5.26 Å². The Morgan fingerprint density at radius 1 is 1.41 bits per heavy atom. The lowest BCUT2D eigenvalue weighted by Crippen LogP contribution is -2.27. The molecule has 0 atom stereocenters. The van der Waals surface area contributed by atoms with E-state index in [1.54, 1.807) is 0 Å². The minimum atomic E-state index is -0.254. The zero-order chi connectivity index (χ0) is 12.7. The Labute approximate surface area is 104 Å². The minimum absolute atomic E-state index is 0.173. The summed E-state index contributed by atoms with van der Waals surface area (Å²) >= 11 is 0. The van der Waals surface area contributed by atoms with Crippen molar-refractivity contribution >= 4 is 5.91 Å². The molecule has 4 heteroatoms. The van der Waals surface area contributed by atoms with Crippen LogP contribution in [-0.4, -0.2) is 25.0 Å². The molecule has 1 rings (SSSR count). The van der Waals surface area contributed by atoms with Gasteiger partial charge in [-0.3, -0.25) is 4.79 Å². The van der Waals surface area contributed by atoms with Crippen molar-refractivity contribution in [2.24, 2.45) is 5.41 Å². The van der Waals surface area contributed by atoms with Crippen molar-refractivity contribution in [1.82, 2.24) is 10.6 Å². The second kappa shape index (κ2) is 6.61. The fraction of sp³-hybridized carbons (Fsp3) is 0.846. The molecular weight excluding hydrogens is 214 g/mol. The maximum Gasteiger partial charge on any atom is 0.220 e. The van der Waals surface area contributed by atoms with E-state index in [0.717, 1.165) is 38.8 Å². The average molecular weight is 237 g/mol. The molecule has 1 saturated carbocycles. The Morgan fingerprint density at radius 3 is 2.71 bits per heavy atom. The first kappa shape index (κ1) is 14.0. The Morgan fingerprint density at radius 2 is 2.12 bits per heavy atom. The highest BCUT2D eigenvalue weighted by Gasteiger charge is 2.22. The molecular formula is C13H23N3O. The Bertz CT molecular complexity index is 290. The molecule has 1 amide bonds. The number of hydrogen-bond acceptors (Lipinski definition) is 3. The summed E-state index contributed by atoms with van der Waals surface area (Å²) in [6, 6.07) is 2.74. The van der Waals surface area contributed by atoms with Gasteiger partial charge < -0.3 is 10.6 Å². The summed E-state index contributed by atoms with van der Waals surface area (Å²) in [7, 11) is 0. The molecule has 2 N–H and O–H groups in total. The van der Waals surface area contributed by atoms with Gasteiger partial charge in [0.25, 0.3) is 0 Å². The average Bonchev–Trinajstić information content (AvgIpc) is 3.07. The molecule has 0 saturated heterocycles. The molecule has 0 aromatic heterocycles. The van der Waals surface area contributed by atoms with Gasteiger partial charge in [-0.2, -0.15) is 5.26 Å². The van der Waals surface area contributed by atoms with Gasteiger partial charge in [0.2, 0.25) is 5.91 Å². The number of nitriles is 1. The molecule has 0 heterocycles. The molecule has 4 nitrogen and oxygen atoms in total. The molecule has 0 aromatic rings. The maximum atomic E-state index is 11.3. The summed E-state index contributed by atoms with van der Waals surface area (Å²) in [5.41, 5.74) is -0.254. The first-order chi connectivity index (χ1) is 8.03. The third kappa shape index (κ3) is 6.96. The Kier molecular flexibility index (Phi) is 5.43. The van der Waals surface area contributed by atoms with Gasteiger partial charge in [0, 0.05) is 12.5 Å². The molecule has 0 bridgehead atoms. The third-order valence-electron chi connectivity index (χ3n) is 2.93. The van der Waals surface area contributed by atoms with E-state index < -0.39 is 0 Å². The van der Waals surface area contributed by atoms with E-state index in [1.165, 1.54) is 0 Å². The van der Waals surface area contributed by atoms with E-state index >= 15 is 0 Å². The normalized spacial score (nSPS) is 15.4. The van der Waals surface area contributed by atoms with Crippen molar-refractivity contribution < 1.29 is 4.79 Å². The van der Waals surface area contributed by atoms with Gasteiger partial charge in [0.1, 0.15) is 0 Å². The standard InChI is InChI=1S/C13H23N3O/c1-13(2,10-14)7-9-15-8-3-4-12(17)16-11-5-6-11/h11,15H,3-9H2,1-2H3,(H,16,17). The smallest absolute Gasteiger partial charge is 0.220 e. The van der Waals surface area contributed by atoms with Crippen LogP contribution in [0.1, 0.15) is 46.0 Å². The highest BCUT2D eigenvalue weighted by atomic mass is 16.1. The largest absolute Gasteiger partial charge is 0.353 e. The summed E-state index contributed by atoms with van der Waals surface area (Å²) in [6.07, 6.45) is 4.61. The van der Waals surface area contributed by atoms with E-state index in [9.17, 15) is 4.79 Å². The van der Waals surface area contributed by atoms with Gasteiger partial charge in [0.05, 0.1) is 11.5 Å². The summed E-state index contributed by atoms with van der Waals surface area (Å²) < 4.78 is 0. The number of carbonyl (C=O) groups is 1. The number of amides is 1. The Hall–Kier alpha value is -1.08. The molecule has 0 aromatic carbocycles. The molecule has 0 spiro atoms. The lowest BCUT2D eigenvalue weighted by Gasteiger charge is -2.14. The summed E-state index contributed by atoms with van der Waals surface area (Å²) in [5.74, 6) is 0.173. The van der Waals surface area contributed by atoms with Gasteiger partial charge in [-0.15, -0.1) is 0 Å². The highest BCUT2D eigenvalue weighted by Crippen LogP contribution is 2.18. The van der Waals surface area contributed by atoms with Crippen LogP contribution < -0.4 is 10.6 Å². The monoisotopic (exact) mass is 237 g/mol. The molecule has 1 aliphatic carbocycles. The van der Waals surface area contributed by atoms with Crippen LogP contribution >= 0.6 is 0 Å². The fourth-order valence-corrected chi connectivity index (χ4v) is 1.48. The van der Waals surface area contributed by atoms with E-state index in [-0.39, 0.29) is 11.3 Å². The van der Waals surface area contributed by atoms with Crippen molar-refractivity contribution in [3.8, 4) is 6.07 Å². The van der Waals surface area contributed by atoms with Crippen molar-refractivity contribution in [2.45, 2.75) is 52.0 Å². The molecule has 0 radical (unpaired) electrons. The summed E-state index contributed by atoms with van der Waals surface area (Å²) in [6.45, 7) is 5.57. The molecule has 96 valence electrons. The quantitative estimate of drug-likeness (QED) is 0.630. The lowest BCUT2D eigenvalue weighted by atomic mass is 9.91. The van der Waals surface area contributed by atoms with Crippen molar-refractivity contribution in [3.63, 3.8) is 0 Å². The summed E-state index contributed by atoms with van der Waals surface area (Å²) in [5, 5.41) is 15.1. The molecule has 0 aliphatic heterocycles. The zero-order valence-electron chi connectivity index (χ0n) is 10.9. The molecule has 1 aliphatic rings. The van der Waals surface area contributed by atoms with Gasteiger partial charge in [-0.05, 0) is 52.6 Å². The second-order valence-corrected chi connectivity index (χ2v) is 5.44. The van der Waals surface area contributed by atoms with E-state index in [2.05, 4.69) is 16.7 Å². The predicted molar refractivity (Wildman–Crippen MR) is 67.3 cm³/mol. The zero-order valence-corrected chi connectivity index (χ0v) is 10.9. The van der Waals surface area contributed by atoms with Gasteiger partial charge >= 0.3 is 0 Å². The van der Waals surface area contributed by atoms with E-state index in [4.69, 9.17) is 5.26 Å². The molecule has 1 fully saturated rings. The fourth-order valence-electron chi connectivity index (χ4n) is 1.48. The van der Waals surface area contributed by atoms with Crippen molar-refractivity contribution in [2.75, 3.05) is 13.1 Å². The first-order valence-corrected chi connectivity index (χ1v) is 6.45. The Balaban J connectivity index is 1.90. The third-order valence-corrected chi connectivity index (χ3v) is 2.93. The van der Waals surface area contributed by atoms with E-state index in [1.807, 2.05) is 13.8 Å².